The van der Waals surface area contributed by atoms with Gasteiger partial charge in [-0.1, -0.05) is 35.0 Å². The monoisotopic (exact) mass is 370 g/mol. The molecule has 0 unspecified atom stereocenters. The molecule has 1 N–H and O–H groups in total. The van der Waals surface area contributed by atoms with Gasteiger partial charge in [-0.05, 0) is 24.3 Å². The summed E-state index contributed by atoms with van der Waals surface area (Å²) in [5, 5.41) is 5.45. The number of aromatic nitrogens is 1. The van der Waals surface area contributed by atoms with Gasteiger partial charge < -0.3 is 5.32 Å². The molecule has 0 bridgehead atoms. The molecule has 3 nitrogen and oxygen atoms in total. The Morgan fingerprint density at radius 3 is 3.10 bits per heavy atom. The summed E-state index contributed by atoms with van der Waals surface area (Å²) < 4.78 is 1.02. The van der Waals surface area contributed by atoms with Gasteiger partial charge in [0, 0.05) is 15.4 Å². The first kappa shape index (κ1) is 15.5. The summed E-state index contributed by atoms with van der Waals surface area (Å²) >= 11 is 6.54. The number of nitrogens with zero attached hydrogens (tertiary/aromatic N) is 1. The van der Waals surface area contributed by atoms with Crippen molar-refractivity contribution >= 4 is 50.1 Å². The molecule has 20 heavy (non-hydrogen) atoms. The minimum atomic E-state index is 0.0126. The minimum absolute atomic E-state index is 0.0126. The van der Waals surface area contributed by atoms with Crippen molar-refractivity contribution in [2.24, 2.45) is 0 Å². The number of amides is 1. The molecule has 0 saturated carbocycles. The Morgan fingerprint density at radius 2 is 2.35 bits per heavy atom. The zero-order valence-electron chi connectivity index (χ0n) is 11.1. The summed E-state index contributed by atoms with van der Waals surface area (Å²) in [6.45, 7) is 2.11. The second-order valence-corrected chi connectivity index (χ2v) is 7.03. The van der Waals surface area contributed by atoms with Gasteiger partial charge in [0.2, 0.25) is 5.91 Å². The third-order valence-electron chi connectivity index (χ3n) is 2.45. The molecule has 0 atom stereocenters. The lowest BCUT2D eigenvalue weighted by Crippen LogP contribution is -2.14. The number of nitrogens with one attached hydrogen (secondary N) is 1. The molecule has 0 aliphatic heterocycles. The third kappa shape index (κ3) is 4.61. The van der Waals surface area contributed by atoms with E-state index in [9.17, 15) is 4.79 Å². The normalized spacial score (nSPS) is 10.5. The molecule has 0 saturated heterocycles. The van der Waals surface area contributed by atoms with E-state index in [4.69, 9.17) is 0 Å². The number of halogens is 1. The fourth-order valence-corrected chi connectivity index (χ4v) is 3.40. The van der Waals surface area contributed by atoms with Crippen molar-refractivity contribution < 1.29 is 4.79 Å². The van der Waals surface area contributed by atoms with E-state index in [0.29, 0.717) is 10.9 Å². The first-order valence-corrected chi connectivity index (χ1v) is 9.11. The van der Waals surface area contributed by atoms with Gasteiger partial charge in [-0.25, -0.2) is 4.98 Å². The lowest BCUT2D eigenvalue weighted by Gasteiger charge is -2.01. The molecular formula is C14H15BrN2OS2. The Balaban J connectivity index is 1.97. The summed E-state index contributed by atoms with van der Waals surface area (Å²) in [6, 6.07) is 7.96. The zero-order valence-corrected chi connectivity index (χ0v) is 14.3. The fraction of sp³-hybridized carbons (Fsp3) is 0.286. The van der Waals surface area contributed by atoms with E-state index >= 15 is 0 Å². The van der Waals surface area contributed by atoms with Gasteiger partial charge in [0.15, 0.2) is 5.13 Å². The maximum absolute atomic E-state index is 11.7. The summed E-state index contributed by atoms with van der Waals surface area (Å²) in [4.78, 5) is 16.2. The highest BCUT2D eigenvalue weighted by Crippen LogP contribution is 2.26. The Hall–Kier alpha value is -0.850. The number of rotatable bonds is 6. The van der Waals surface area contributed by atoms with Crippen LogP contribution in [-0.2, 0) is 4.79 Å². The van der Waals surface area contributed by atoms with Crippen LogP contribution in [0.4, 0.5) is 5.13 Å². The van der Waals surface area contributed by atoms with E-state index in [0.717, 1.165) is 27.9 Å². The Morgan fingerprint density at radius 1 is 1.50 bits per heavy atom. The van der Waals surface area contributed by atoms with Crippen LogP contribution in [0.3, 0.4) is 0 Å². The Kier molecular flexibility index (Phi) is 6.06. The summed E-state index contributed by atoms with van der Waals surface area (Å²) in [6.07, 6.45) is 1.09. The summed E-state index contributed by atoms with van der Waals surface area (Å²) in [5.74, 6) is 1.51. The van der Waals surface area contributed by atoms with E-state index in [1.54, 1.807) is 11.8 Å². The molecule has 1 aromatic heterocycles. The maximum atomic E-state index is 11.7. The number of carbonyl (C=O) groups excluding carboxylic acids is 1. The van der Waals surface area contributed by atoms with Crippen molar-refractivity contribution in [2.75, 3.05) is 16.8 Å². The van der Waals surface area contributed by atoms with Crippen LogP contribution in [0, 0.1) is 0 Å². The SMILES string of the molecule is CCCSCC(=O)Nc1nc(-c2cccc(Br)c2)cs1. The van der Waals surface area contributed by atoms with Crippen LogP contribution in [0.2, 0.25) is 0 Å². The fourth-order valence-electron chi connectivity index (χ4n) is 1.58. The second kappa shape index (κ2) is 7.81. The topological polar surface area (TPSA) is 42.0 Å². The number of hydrogen-bond acceptors (Lipinski definition) is 4. The number of anilines is 1. The first-order chi connectivity index (χ1) is 9.69. The molecule has 106 valence electrons. The van der Waals surface area contributed by atoms with E-state index in [-0.39, 0.29) is 5.91 Å². The average molecular weight is 371 g/mol. The molecule has 0 radical (unpaired) electrons. The maximum Gasteiger partial charge on any atom is 0.236 e. The van der Waals surface area contributed by atoms with Crippen molar-refractivity contribution in [1.82, 2.24) is 4.98 Å². The van der Waals surface area contributed by atoms with Crippen molar-refractivity contribution in [1.29, 1.82) is 0 Å². The van der Waals surface area contributed by atoms with Crippen molar-refractivity contribution in [3.63, 3.8) is 0 Å². The van der Waals surface area contributed by atoms with Gasteiger partial charge in [0.25, 0.3) is 0 Å². The molecule has 1 amide bonds. The third-order valence-corrected chi connectivity index (χ3v) is 4.87. The molecule has 0 spiro atoms. The molecule has 0 aliphatic carbocycles. The smallest absolute Gasteiger partial charge is 0.236 e. The van der Waals surface area contributed by atoms with Gasteiger partial charge in [0.1, 0.15) is 0 Å². The predicted molar refractivity (Wildman–Crippen MR) is 91.5 cm³/mol. The van der Waals surface area contributed by atoms with Crippen LogP contribution in [0.5, 0.6) is 0 Å². The molecule has 1 aromatic carbocycles. The molecular weight excluding hydrogens is 356 g/mol. The Bertz CT molecular complexity index is 586. The van der Waals surface area contributed by atoms with E-state index in [1.807, 2.05) is 29.6 Å². The number of thioether (sulfide) groups is 1. The number of benzene rings is 1. The van der Waals surface area contributed by atoms with E-state index in [1.165, 1.54) is 11.3 Å². The highest BCUT2D eigenvalue weighted by Gasteiger charge is 2.08. The van der Waals surface area contributed by atoms with Gasteiger partial charge in [-0.2, -0.15) is 11.8 Å². The summed E-state index contributed by atoms with van der Waals surface area (Å²) in [7, 11) is 0. The number of thiazole rings is 1. The molecule has 0 fully saturated rings. The Labute approximate surface area is 135 Å². The van der Waals surface area contributed by atoms with Crippen molar-refractivity contribution in [3.8, 4) is 11.3 Å². The lowest BCUT2D eigenvalue weighted by molar-refractivity contribution is -0.113. The van der Waals surface area contributed by atoms with Crippen molar-refractivity contribution in [2.45, 2.75) is 13.3 Å². The van der Waals surface area contributed by atoms with Crippen LogP contribution in [0.1, 0.15) is 13.3 Å². The first-order valence-electron chi connectivity index (χ1n) is 6.28. The molecule has 0 aliphatic rings. The predicted octanol–water partition coefficient (Wildman–Crippen LogP) is 4.65. The molecule has 1 heterocycles. The number of hydrogen-bond donors (Lipinski definition) is 1. The largest absolute Gasteiger partial charge is 0.301 e. The van der Waals surface area contributed by atoms with Crippen molar-refractivity contribution in [3.05, 3.63) is 34.1 Å². The van der Waals surface area contributed by atoms with Gasteiger partial charge in [-0.3, -0.25) is 4.79 Å². The number of carbonyl (C=O) groups is 1. The standard InChI is InChI=1S/C14H15BrN2OS2/c1-2-6-19-9-13(18)17-14-16-12(8-20-14)10-4-3-5-11(15)7-10/h3-5,7-8H,2,6,9H2,1H3,(H,16,17,18). The van der Waals surface area contributed by atoms with E-state index < -0.39 is 0 Å². The quantitative estimate of drug-likeness (QED) is 0.752. The van der Waals surface area contributed by atoms with Gasteiger partial charge >= 0.3 is 0 Å². The van der Waals surface area contributed by atoms with Crippen LogP contribution in [0.25, 0.3) is 11.3 Å². The molecule has 2 aromatic rings. The summed E-state index contributed by atoms with van der Waals surface area (Å²) in [5.41, 5.74) is 1.92. The van der Waals surface area contributed by atoms with Crippen LogP contribution in [0.15, 0.2) is 34.1 Å². The molecule has 6 heteroatoms. The zero-order chi connectivity index (χ0) is 14.4. The lowest BCUT2D eigenvalue weighted by atomic mass is 10.2. The van der Waals surface area contributed by atoms with Crippen LogP contribution in [-0.4, -0.2) is 22.4 Å². The van der Waals surface area contributed by atoms with Crippen LogP contribution >= 0.6 is 39.0 Å². The molecule has 2 rings (SSSR count). The van der Waals surface area contributed by atoms with Gasteiger partial charge in [-0.15, -0.1) is 11.3 Å². The van der Waals surface area contributed by atoms with E-state index in [2.05, 4.69) is 33.2 Å². The van der Waals surface area contributed by atoms with Crippen LogP contribution < -0.4 is 5.32 Å². The minimum Gasteiger partial charge on any atom is -0.301 e. The highest BCUT2D eigenvalue weighted by molar-refractivity contribution is 9.10. The van der Waals surface area contributed by atoms with Gasteiger partial charge in [0.05, 0.1) is 11.4 Å². The average Bonchev–Trinajstić information content (AvgIpc) is 2.87. The second-order valence-electron chi connectivity index (χ2n) is 4.15. The highest BCUT2D eigenvalue weighted by atomic mass is 79.9.